The van der Waals surface area contributed by atoms with Gasteiger partial charge in [-0.2, -0.15) is 0 Å². The zero-order chi connectivity index (χ0) is 16.0. The topological polar surface area (TPSA) is 55.2 Å². The van der Waals surface area contributed by atoms with E-state index in [1.54, 1.807) is 18.2 Å². The van der Waals surface area contributed by atoms with Gasteiger partial charge in [0, 0.05) is 18.1 Å². The van der Waals surface area contributed by atoms with Gasteiger partial charge in [0.15, 0.2) is 0 Å². The summed E-state index contributed by atoms with van der Waals surface area (Å²) < 4.78 is 14.2. The number of anilines is 1. The van der Waals surface area contributed by atoms with Gasteiger partial charge in [0.1, 0.15) is 5.82 Å². The fraction of sp³-hybridized carbons (Fsp3) is 0.222. The number of non-ortho nitro benzene ring substituents is 1. The lowest BCUT2D eigenvalue weighted by Crippen LogP contribution is -2.29. The molecule has 2 aromatic rings. The van der Waals surface area contributed by atoms with Crippen LogP contribution in [-0.2, 0) is 0 Å². The molecule has 116 valence electrons. The van der Waals surface area contributed by atoms with E-state index >= 15 is 0 Å². The Hall–Kier alpha value is -2.69. The first-order valence-electron chi connectivity index (χ1n) is 7.61. The van der Waals surface area contributed by atoms with Crippen LogP contribution < -0.4 is 5.32 Å². The van der Waals surface area contributed by atoms with E-state index in [-0.39, 0.29) is 23.5 Å². The summed E-state index contributed by atoms with van der Waals surface area (Å²) in [4.78, 5) is 10.4. The van der Waals surface area contributed by atoms with Gasteiger partial charge in [-0.3, -0.25) is 10.1 Å². The number of nitrogens with one attached hydrogen (secondary N) is 1. The van der Waals surface area contributed by atoms with Crippen LogP contribution in [0.1, 0.15) is 29.5 Å². The van der Waals surface area contributed by atoms with Crippen molar-refractivity contribution in [2.24, 2.45) is 5.92 Å². The zero-order valence-corrected chi connectivity index (χ0v) is 12.3. The first-order chi connectivity index (χ1) is 11.1. The molecule has 1 aliphatic carbocycles. The summed E-state index contributed by atoms with van der Waals surface area (Å²) in [7, 11) is 0. The molecule has 0 fully saturated rings. The van der Waals surface area contributed by atoms with Gasteiger partial charge >= 0.3 is 0 Å². The molecule has 2 aliphatic rings. The molecule has 0 saturated carbocycles. The lowest BCUT2D eigenvalue weighted by Gasteiger charge is -2.37. The molecule has 0 radical (unpaired) electrons. The van der Waals surface area contributed by atoms with Crippen LogP contribution in [-0.4, -0.2) is 4.92 Å². The van der Waals surface area contributed by atoms with Gasteiger partial charge in [0.05, 0.1) is 16.7 Å². The number of hydrogen-bond donors (Lipinski definition) is 1. The highest BCUT2D eigenvalue weighted by Gasteiger charge is 2.38. The predicted octanol–water partition coefficient (Wildman–Crippen LogP) is 4.56. The van der Waals surface area contributed by atoms with Crippen molar-refractivity contribution >= 4 is 11.4 Å². The van der Waals surface area contributed by atoms with Crippen LogP contribution in [0.25, 0.3) is 0 Å². The minimum atomic E-state index is -0.410. The van der Waals surface area contributed by atoms with Crippen LogP contribution in [0.4, 0.5) is 15.8 Å². The van der Waals surface area contributed by atoms with Gasteiger partial charge < -0.3 is 5.32 Å². The van der Waals surface area contributed by atoms with E-state index in [4.69, 9.17) is 0 Å². The third-order valence-electron chi connectivity index (χ3n) is 4.81. The van der Waals surface area contributed by atoms with E-state index in [2.05, 4.69) is 17.5 Å². The van der Waals surface area contributed by atoms with Crippen LogP contribution in [0.3, 0.4) is 0 Å². The molecule has 0 unspecified atom stereocenters. The number of nitro benzene ring substituents is 1. The Bertz CT molecular complexity index is 801. The van der Waals surface area contributed by atoms with Crippen molar-refractivity contribution < 1.29 is 9.31 Å². The van der Waals surface area contributed by atoms with Gasteiger partial charge in [-0.15, -0.1) is 0 Å². The lowest BCUT2D eigenvalue weighted by molar-refractivity contribution is -0.384. The van der Waals surface area contributed by atoms with Crippen molar-refractivity contribution in [1.82, 2.24) is 0 Å². The second-order valence-electron chi connectivity index (χ2n) is 6.03. The van der Waals surface area contributed by atoms with Crippen LogP contribution in [0.2, 0.25) is 0 Å². The molecule has 0 aromatic heterocycles. The van der Waals surface area contributed by atoms with Crippen LogP contribution in [0.15, 0.2) is 54.6 Å². The Kier molecular flexibility index (Phi) is 3.15. The van der Waals surface area contributed by atoms with Crippen LogP contribution in [0, 0.1) is 21.8 Å². The Balaban J connectivity index is 1.75. The van der Waals surface area contributed by atoms with Crippen LogP contribution in [0.5, 0.6) is 0 Å². The Morgan fingerprint density at radius 1 is 1.17 bits per heavy atom. The summed E-state index contributed by atoms with van der Waals surface area (Å²) in [6.07, 6.45) is 5.19. The van der Waals surface area contributed by atoms with Crippen molar-refractivity contribution in [3.8, 4) is 0 Å². The standard InChI is InChI=1S/C18H15FN2O2/c19-16-6-2-5-15-13-3-1-4-14(13)17(20-18(15)16)11-7-9-12(10-8-11)21(22)23/h1-3,5-10,13-14,17,20H,4H2/t13-,14-,17-/m1/s1. The number of benzene rings is 2. The van der Waals surface area contributed by atoms with Crippen LogP contribution >= 0.6 is 0 Å². The molecule has 5 heteroatoms. The molecule has 2 aromatic carbocycles. The van der Waals surface area contributed by atoms with Crippen molar-refractivity contribution in [2.75, 3.05) is 5.32 Å². The monoisotopic (exact) mass is 310 g/mol. The fourth-order valence-corrected chi connectivity index (χ4v) is 3.72. The normalized spacial score (nSPS) is 24.7. The molecule has 0 spiro atoms. The summed E-state index contributed by atoms with van der Waals surface area (Å²) >= 11 is 0. The minimum Gasteiger partial charge on any atom is -0.375 e. The summed E-state index contributed by atoms with van der Waals surface area (Å²) in [5, 5.41) is 14.1. The quantitative estimate of drug-likeness (QED) is 0.502. The van der Waals surface area contributed by atoms with Crippen molar-refractivity contribution in [3.05, 3.63) is 81.7 Å². The average molecular weight is 310 g/mol. The molecule has 3 atom stereocenters. The highest BCUT2D eigenvalue weighted by molar-refractivity contribution is 5.60. The maximum atomic E-state index is 14.2. The Morgan fingerprint density at radius 2 is 1.96 bits per heavy atom. The number of rotatable bonds is 2. The highest BCUT2D eigenvalue weighted by atomic mass is 19.1. The first kappa shape index (κ1) is 13.9. The number of halogens is 1. The van der Waals surface area contributed by atoms with E-state index < -0.39 is 4.92 Å². The maximum Gasteiger partial charge on any atom is 0.269 e. The summed E-state index contributed by atoms with van der Waals surface area (Å²) in [5.74, 6) is 0.223. The predicted molar refractivity (Wildman–Crippen MR) is 85.8 cm³/mol. The third-order valence-corrected chi connectivity index (χ3v) is 4.81. The van der Waals surface area contributed by atoms with Crippen molar-refractivity contribution in [3.63, 3.8) is 0 Å². The number of nitrogens with zero attached hydrogens (tertiary/aromatic N) is 1. The number of fused-ring (bicyclic) bond motifs is 3. The molecule has 1 aliphatic heterocycles. The summed E-state index contributed by atoms with van der Waals surface area (Å²) in [6, 6.07) is 11.6. The Labute approximate surface area is 132 Å². The SMILES string of the molecule is O=[N+]([O-])c1ccc([C@H]2Nc3c(F)cccc3[C@@H]3C=CC[C@@H]23)cc1. The van der Waals surface area contributed by atoms with Gasteiger partial charge in [-0.05, 0) is 29.5 Å². The Morgan fingerprint density at radius 3 is 2.70 bits per heavy atom. The molecule has 4 rings (SSSR count). The minimum absolute atomic E-state index is 0.0554. The number of hydrogen-bond acceptors (Lipinski definition) is 3. The molecular formula is C18H15FN2O2. The molecule has 23 heavy (non-hydrogen) atoms. The summed E-state index contributed by atoms with van der Waals surface area (Å²) in [6.45, 7) is 0. The van der Waals surface area contributed by atoms with Crippen molar-refractivity contribution in [2.45, 2.75) is 18.4 Å². The van der Waals surface area contributed by atoms with Gasteiger partial charge in [-0.25, -0.2) is 4.39 Å². The van der Waals surface area contributed by atoms with Gasteiger partial charge in [0.25, 0.3) is 5.69 Å². The largest absolute Gasteiger partial charge is 0.375 e. The van der Waals surface area contributed by atoms with E-state index in [0.717, 1.165) is 17.5 Å². The molecule has 0 bridgehead atoms. The molecule has 4 nitrogen and oxygen atoms in total. The maximum absolute atomic E-state index is 14.2. The molecular weight excluding hydrogens is 295 g/mol. The molecule has 1 N–H and O–H groups in total. The molecule has 1 heterocycles. The highest BCUT2D eigenvalue weighted by Crippen LogP contribution is 2.50. The number of nitro groups is 1. The van der Waals surface area contributed by atoms with E-state index in [9.17, 15) is 14.5 Å². The average Bonchev–Trinajstić information content (AvgIpc) is 3.04. The summed E-state index contributed by atoms with van der Waals surface area (Å²) in [5.41, 5.74) is 2.55. The van der Waals surface area contributed by atoms with E-state index in [1.165, 1.54) is 18.2 Å². The zero-order valence-electron chi connectivity index (χ0n) is 12.3. The second-order valence-corrected chi connectivity index (χ2v) is 6.03. The van der Waals surface area contributed by atoms with E-state index in [1.807, 2.05) is 6.07 Å². The van der Waals surface area contributed by atoms with Gasteiger partial charge in [0.2, 0.25) is 0 Å². The fourth-order valence-electron chi connectivity index (χ4n) is 3.72. The smallest absolute Gasteiger partial charge is 0.269 e. The number of allylic oxidation sites excluding steroid dienone is 2. The second kappa shape index (κ2) is 5.19. The first-order valence-corrected chi connectivity index (χ1v) is 7.61. The number of para-hydroxylation sites is 1. The van der Waals surface area contributed by atoms with Gasteiger partial charge in [-0.1, -0.05) is 36.4 Å². The molecule has 0 amide bonds. The lowest BCUT2D eigenvalue weighted by atomic mass is 9.77. The van der Waals surface area contributed by atoms with Crippen molar-refractivity contribution in [1.29, 1.82) is 0 Å². The molecule has 0 saturated heterocycles. The third kappa shape index (κ3) is 2.20. The van der Waals surface area contributed by atoms with E-state index in [0.29, 0.717) is 11.6 Å².